The Bertz CT molecular complexity index is 636. The standard InChI is InChI=1S/C14H12BrNO4/c15-12-11(6-8-20-12)13(17)16-7-5-9-3-1-2-4-10(9)14(18)19/h1-4,6,8H,5,7H2,(H,16,17)(H,18,19). The van der Waals surface area contributed by atoms with E-state index in [0.717, 1.165) is 0 Å². The minimum absolute atomic E-state index is 0.256. The maximum absolute atomic E-state index is 11.8. The van der Waals surface area contributed by atoms with Crippen molar-refractivity contribution >= 4 is 27.8 Å². The van der Waals surface area contributed by atoms with Crippen LogP contribution >= 0.6 is 15.9 Å². The van der Waals surface area contributed by atoms with Gasteiger partial charge in [0.1, 0.15) is 0 Å². The van der Waals surface area contributed by atoms with Crippen LogP contribution in [0.25, 0.3) is 0 Å². The van der Waals surface area contributed by atoms with Crippen molar-refractivity contribution in [1.82, 2.24) is 5.32 Å². The summed E-state index contributed by atoms with van der Waals surface area (Å²) in [4.78, 5) is 22.9. The lowest BCUT2D eigenvalue weighted by Crippen LogP contribution is -2.26. The Balaban J connectivity index is 1.95. The lowest BCUT2D eigenvalue weighted by Gasteiger charge is -2.07. The van der Waals surface area contributed by atoms with Gasteiger partial charge in [0.15, 0.2) is 4.67 Å². The molecule has 104 valence electrons. The molecule has 2 rings (SSSR count). The number of halogens is 1. The van der Waals surface area contributed by atoms with E-state index in [4.69, 9.17) is 9.52 Å². The molecule has 1 amide bonds. The van der Waals surface area contributed by atoms with E-state index in [9.17, 15) is 9.59 Å². The average molecular weight is 338 g/mol. The number of carbonyl (C=O) groups excluding carboxylic acids is 1. The number of aromatic carboxylic acids is 1. The molecule has 0 saturated heterocycles. The Kier molecular flexibility index (Phi) is 4.57. The van der Waals surface area contributed by atoms with Gasteiger partial charge in [-0.2, -0.15) is 0 Å². The number of carboxylic acids is 1. The van der Waals surface area contributed by atoms with E-state index in [1.165, 1.54) is 6.26 Å². The minimum atomic E-state index is -0.968. The Morgan fingerprint density at radius 3 is 2.60 bits per heavy atom. The number of nitrogens with one attached hydrogen (secondary N) is 1. The highest BCUT2D eigenvalue weighted by molar-refractivity contribution is 9.10. The lowest BCUT2D eigenvalue weighted by atomic mass is 10.0. The largest absolute Gasteiger partial charge is 0.478 e. The lowest BCUT2D eigenvalue weighted by molar-refractivity contribution is 0.0695. The average Bonchev–Trinajstić information content (AvgIpc) is 2.85. The zero-order chi connectivity index (χ0) is 14.5. The molecule has 5 nitrogen and oxygen atoms in total. The number of amides is 1. The highest BCUT2D eigenvalue weighted by Crippen LogP contribution is 2.17. The zero-order valence-electron chi connectivity index (χ0n) is 10.4. The fraction of sp³-hybridized carbons (Fsp3) is 0.143. The third kappa shape index (κ3) is 3.27. The monoisotopic (exact) mass is 337 g/mol. The molecule has 0 fully saturated rings. The van der Waals surface area contributed by atoms with Crippen molar-refractivity contribution < 1.29 is 19.1 Å². The number of carboxylic acid groups (broad SMARTS) is 1. The summed E-state index contributed by atoms with van der Waals surface area (Å²) in [6.07, 6.45) is 1.86. The highest BCUT2D eigenvalue weighted by Gasteiger charge is 2.13. The molecule has 2 N–H and O–H groups in total. The Labute approximate surface area is 123 Å². The molecule has 1 heterocycles. The van der Waals surface area contributed by atoms with Gasteiger partial charge in [-0.25, -0.2) is 4.79 Å². The smallest absolute Gasteiger partial charge is 0.335 e. The van der Waals surface area contributed by atoms with Crippen molar-refractivity contribution in [3.8, 4) is 0 Å². The van der Waals surface area contributed by atoms with Gasteiger partial charge in [-0.05, 0) is 40.0 Å². The zero-order valence-corrected chi connectivity index (χ0v) is 12.0. The summed E-state index contributed by atoms with van der Waals surface area (Å²) in [5.74, 6) is -1.23. The van der Waals surface area contributed by atoms with Gasteiger partial charge in [0.05, 0.1) is 17.4 Å². The van der Waals surface area contributed by atoms with Crippen molar-refractivity contribution in [3.63, 3.8) is 0 Å². The summed E-state index contributed by atoms with van der Waals surface area (Å²) in [6, 6.07) is 8.30. The Hall–Kier alpha value is -2.08. The van der Waals surface area contributed by atoms with E-state index >= 15 is 0 Å². The molecule has 0 aliphatic rings. The molecule has 0 aliphatic heterocycles. The van der Waals surface area contributed by atoms with Crippen molar-refractivity contribution in [1.29, 1.82) is 0 Å². The summed E-state index contributed by atoms with van der Waals surface area (Å²) in [5.41, 5.74) is 1.36. The highest BCUT2D eigenvalue weighted by atomic mass is 79.9. The number of rotatable bonds is 5. The van der Waals surface area contributed by atoms with E-state index < -0.39 is 5.97 Å². The predicted octanol–water partition coefficient (Wildman–Crippen LogP) is 2.71. The van der Waals surface area contributed by atoms with E-state index in [2.05, 4.69) is 21.2 Å². The molecule has 1 aromatic carbocycles. The van der Waals surface area contributed by atoms with Crippen LogP contribution < -0.4 is 5.32 Å². The number of hydrogen-bond donors (Lipinski definition) is 2. The molecule has 0 bridgehead atoms. The summed E-state index contributed by atoms with van der Waals surface area (Å²) in [7, 11) is 0. The molecule has 6 heteroatoms. The minimum Gasteiger partial charge on any atom is -0.478 e. The molecule has 20 heavy (non-hydrogen) atoms. The first-order chi connectivity index (χ1) is 9.59. The normalized spacial score (nSPS) is 10.2. The third-order valence-electron chi connectivity index (χ3n) is 2.79. The fourth-order valence-electron chi connectivity index (χ4n) is 1.81. The van der Waals surface area contributed by atoms with Crippen LogP contribution in [0.5, 0.6) is 0 Å². The van der Waals surface area contributed by atoms with E-state index in [1.54, 1.807) is 30.3 Å². The molecular weight excluding hydrogens is 326 g/mol. The first-order valence-corrected chi connectivity index (χ1v) is 6.71. The molecule has 0 aliphatic carbocycles. The molecule has 0 atom stereocenters. The number of hydrogen-bond acceptors (Lipinski definition) is 3. The Morgan fingerprint density at radius 1 is 1.20 bits per heavy atom. The van der Waals surface area contributed by atoms with Gasteiger partial charge in [0.2, 0.25) is 0 Å². The molecular formula is C14H12BrNO4. The fourth-order valence-corrected chi connectivity index (χ4v) is 2.23. The molecule has 1 aromatic heterocycles. The van der Waals surface area contributed by atoms with Crippen LogP contribution in [0, 0.1) is 0 Å². The van der Waals surface area contributed by atoms with Crippen molar-refractivity contribution in [2.45, 2.75) is 6.42 Å². The molecule has 0 saturated carbocycles. The van der Waals surface area contributed by atoms with E-state index in [0.29, 0.717) is 28.8 Å². The SMILES string of the molecule is O=C(O)c1ccccc1CCNC(=O)c1ccoc1Br. The summed E-state index contributed by atoms with van der Waals surface area (Å²) >= 11 is 3.13. The van der Waals surface area contributed by atoms with Crippen molar-refractivity contribution in [3.05, 3.63) is 58.0 Å². The maximum atomic E-state index is 11.8. The molecule has 2 aromatic rings. The number of carbonyl (C=O) groups is 2. The second-order valence-electron chi connectivity index (χ2n) is 4.08. The van der Waals surface area contributed by atoms with E-state index in [1.807, 2.05) is 0 Å². The van der Waals surface area contributed by atoms with Crippen LogP contribution in [0.2, 0.25) is 0 Å². The van der Waals surface area contributed by atoms with Crippen LogP contribution in [0.1, 0.15) is 26.3 Å². The van der Waals surface area contributed by atoms with Crippen molar-refractivity contribution in [2.24, 2.45) is 0 Å². The third-order valence-corrected chi connectivity index (χ3v) is 3.40. The van der Waals surface area contributed by atoms with Gasteiger partial charge >= 0.3 is 5.97 Å². The second-order valence-corrected chi connectivity index (χ2v) is 4.80. The predicted molar refractivity (Wildman–Crippen MR) is 75.8 cm³/mol. The van der Waals surface area contributed by atoms with Gasteiger partial charge in [-0.15, -0.1) is 0 Å². The topological polar surface area (TPSA) is 79.5 Å². The molecule has 0 radical (unpaired) electrons. The van der Waals surface area contributed by atoms with Crippen LogP contribution in [0.15, 0.2) is 45.7 Å². The first-order valence-electron chi connectivity index (χ1n) is 5.92. The van der Waals surface area contributed by atoms with E-state index in [-0.39, 0.29) is 11.5 Å². The molecule has 0 spiro atoms. The molecule has 0 unspecified atom stereocenters. The summed E-state index contributed by atoms with van der Waals surface area (Å²) < 4.78 is 5.35. The van der Waals surface area contributed by atoms with Gasteiger partial charge in [-0.3, -0.25) is 4.79 Å². The Morgan fingerprint density at radius 2 is 1.95 bits per heavy atom. The summed E-state index contributed by atoms with van der Waals surface area (Å²) in [5, 5.41) is 11.8. The van der Waals surface area contributed by atoms with Crippen molar-refractivity contribution in [2.75, 3.05) is 6.54 Å². The van der Waals surface area contributed by atoms with Gasteiger partial charge in [-0.1, -0.05) is 18.2 Å². The van der Waals surface area contributed by atoms with Crippen LogP contribution in [0.4, 0.5) is 0 Å². The van der Waals surface area contributed by atoms with Crippen LogP contribution in [-0.4, -0.2) is 23.5 Å². The van der Waals surface area contributed by atoms with Gasteiger partial charge < -0.3 is 14.8 Å². The quantitative estimate of drug-likeness (QED) is 0.879. The van der Waals surface area contributed by atoms with Crippen LogP contribution in [-0.2, 0) is 6.42 Å². The second kappa shape index (κ2) is 6.38. The maximum Gasteiger partial charge on any atom is 0.335 e. The van der Waals surface area contributed by atoms with Gasteiger partial charge in [0.25, 0.3) is 5.91 Å². The number of benzene rings is 1. The summed E-state index contributed by atoms with van der Waals surface area (Å²) in [6.45, 7) is 0.348. The first kappa shape index (κ1) is 14.3. The van der Waals surface area contributed by atoms with Crippen LogP contribution in [0.3, 0.4) is 0 Å². The number of furan rings is 1. The van der Waals surface area contributed by atoms with Gasteiger partial charge in [0, 0.05) is 6.54 Å².